The molecule has 0 saturated carbocycles. The number of aromatic nitrogens is 2. The van der Waals surface area contributed by atoms with Crippen molar-refractivity contribution in [3.8, 4) is 0 Å². The molecule has 1 atom stereocenters. The molecule has 2 aromatic rings. The third kappa shape index (κ3) is 5.29. The van der Waals surface area contributed by atoms with Crippen LogP contribution in [-0.2, 0) is 20.8 Å². The van der Waals surface area contributed by atoms with Gasteiger partial charge in [0.1, 0.15) is 0 Å². The van der Waals surface area contributed by atoms with Crippen molar-refractivity contribution in [2.45, 2.75) is 24.7 Å². The maximum absolute atomic E-state index is 12.7. The first-order valence-electron chi connectivity index (χ1n) is 7.96. The molecule has 1 amide bonds. The first-order valence-corrected chi connectivity index (χ1v) is 8.95. The molecular formula is C17H23N3O4S. The summed E-state index contributed by atoms with van der Waals surface area (Å²) in [5.74, 6) is 0.0430. The number of carbonyl (C=O) groups is 1. The number of benzene rings is 1. The largest absolute Gasteiger partial charge is 0.383 e. The van der Waals surface area contributed by atoms with E-state index in [4.69, 9.17) is 9.47 Å². The van der Waals surface area contributed by atoms with E-state index in [1.54, 1.807) is 30.9 Å². The monoisotopic (exact) mass is 365 g/mol. The Kier molecular flexibility index (Phi) is 7.42. The Labute approximate surface area is 150 Å². The lowest BCUT2D eigenvalue weighted by atomic mass is 10.2. The van der Waals surface area contributed by atoms with E-state index in [1.807, 2.05) is 19.1 Å². The van der Waals surface area contributed by atoms with E-state index in [1.165, 1.54) is 11.8 Å². The number of para-hydroxylation sites is 1. The van der Waals surface area contributed by atoms with Gasteiger partial charge < -0.3 is 14.8 Å². The van der Waals surface area contributed by atoms with Crippen molar-refractivity contribution >= 4 is 28.6 Å². The molecule has 7 nitrogen and oxygen atoms in total. The molecule has 0 saturated heterocycles. The fourth-order valence-electron chi connectivity index (χ4n) is 2.38. The second-order valence-corrected chi connectivity index (χ2v) is 6.52. The number of hydrogen-bond acceptors (Lipinski definition) is 6. The van der Waals surface area contributed by atoms with Crippen LogP contribution in [0.5, 0.6) is 0 Å². The number of ether oxygens (including phenoxy) is 2. The van der Waals surface area contributed by atoms with Crippen LogP contribution in [0.1, 0.15) is 6.92 Å². The number of thioether (sulfide) groups is 1. The highest BCUT2D eigenvalue weighted by Crippen LogP contribution is 2.17. The molecule has 1 N–H and O–H groups in total. The summed E-state index contributed by atoms with van der Waals surface area (Å²) in [5, 5.41) is 3.91. The topological polar surface area (TPSA) is 82.4 Å². The average molecular weight is 365 g/mol. The van der Waals surface area contributed by atoms with Crippen LogP contribution in [0.4, 0.5) is 0 Å². The van der Waals surface area contributed by atoms with Crippen LogP contribution in [0.3, 0.4) is 0 Å². The van der Waals surface area contributed by atoms with E-state index in [-0.39, 0.29) is 23.3 Å². The van der Waals surface area contributed by atoms with Crippen molar-refractivity contribution < 1.29 is 14.3 Å². The molecule has 1 aromatic carbocycles. The first kappa shape index (κ1) is 19.4. The van der Waals surface area contributed by atoms with Gasteiger partial charge in [-0.1, -0.05) is 23.9 Å². The molecule has 0 aliphatic heterocycles. The Morgan fingerprint density at radius 2 is 2.08 bits per heavy atom. The summed E-state index contributed by atoms with van der Waals surface area (Å²) in [6, 6.07) is 7.12. The van der Waals surface area contributed by atoms with Crippen molar-refractivity contribution in [3.05, 3.63) is 34.6 Å². The zero-order chi connectivity index (χ0) is 18.2. The molecule has 0 bridgehead atoms. The molecule has 0 aliphatic carbocycles. The maximum Gasteiger partial charge on any atom is 0.262 e. The molecule has 136 valence electrons. The van der Waals surface area contributed by atoms with Crippen LogP contribution in [0.2, 0.25) is 0 Å². The standard InChI is InChI=1S/C17H23N3O4S/c1-12(10-24-3)18-15(21)11-25-17-19-14-7-5-4-6-13(14)16(22)20(17)8-9-23-2/h4-7,12H,8-11H2,1-3H3,(H,18,21)/t12-/m1/s1. The number of hydrogen-bond donors (Lipinski definition) is 1. The minimum absolute atomic E-state index is 0.0710. The van der Waals surface area contributed by atoms with Gasteiger partial charge in [0.25, 0.3) is 5.56 Å². The number of carbonyl (C=O) groups excluding carboxylic acids is 1. The van der Waals surface area contributed by atoms with Crippen LogP contribution in [-0.4, -0.2) is 54.7 Å². The number of amides is 1. The quantitative estimate of drug-likeness (QED) is 0.533. The van der Waals surface area contributed by atoms with Crippen molar-refractivity contribution in [2.24, 2.45) is 0 Å². The van der Waals surface area contributed by atoms with Crippen molar-refractivity contribution in [1.29, 1.82) is 0 Å². The minimum Gasteiger partial charge on any atom is -0.383 e. The molecule has 2 rings (SSSR count). The van der Waals surface area contributed by atoms with Gasteiger partial charge in [0.05, 0.1) is 36.4 Å². The van der Waals surface area contributed by atoms with E-state index in [0.29, 0.717) is 35.8 Å². The third-order valence-electron chi connectivity index (χ3n) is 3.50. The molecule has 1 aromatic heterocycles. The summed E-state index contributed by atoms with van der Waals surface area (Å²) in [4.78, 5) is 29.3. The van der Waals surface area contributed by atoms with Crippen molar-refractivity contribution in [1.82, 2.24) is 14.9 Å². The Morgan fingerprint density at radius 3 is 2.80 bits per heavy atom. The zero-order valence-corrected chi connectivity index (χ0v) is 15.5. The second-order valence-electron chi connectivity index (χ2n) is 5.57. The summed E-state index contributed by atoms with van der Waals surface area (Å²) in [5.41, 5.74) is 0.495. The molecular weight excluding hydrogens is 342 g/mol. The Morgan fingerprint density at radius 1 is 1.32 bits per heavy atom. The van der Waals surface area contributed by atoms with Crippen LogP contribution in [0.15, 0.2) is 34.2 Å². The number of rotatable bonds is 9. The van der Waals surface area contributed by atoms with Crippen molar-refractivity contribution in [3.63, 3.8) is 0 Å². The Balaban J connectivity index is 2.20. The number of nitrogens with zero attached hydrogens (tertiary/aromatic N) is 2. The zero-order valence-electron chi connectivity index (χ0n) is 14.7. The molecule has 0 unspecified atom stereocenters. The molecule has 1 heterocycles. The van der Waals surface area contributed by atoms with E-state index in [2.05, 4.69) is 10.3 Å². The number of nitrogens with one attached hydrogen (secondary N) is 1. The predicted octanol–water partition coefficient (Wildman–Crippen LogP) is 1.29. The van der Waals surface area contributed by atoms with Crippen LogP contribution < -0.4 is 10.9 Å². The number of methoxy groups -OCH3 is 2. The lowest BCUT2D eigenvalue weighted by Gasteiger charge is -2.14. The Hall–Kier alpha value is -1.90. The lowest BCUT2D eigenvalue weighted by Crippen LogP contribution is -2.36. The van der Waals surface area contributed by atoms with Crippen LogP contribution >= 0.6 is 11.8 Å². The summed E-state index contributed by atoms with van der Waals surface area (Å²) in [6.07, 6.45) is 0. The van der Waals surface area contributed by atoms with Gasteiger partial charge in [-0.3, -0.25) is 14.2 Å². The smallest absolute Gasteiger partial charge is 0.262 e. The third-order valence-corrected chi connectivity index (χ3v) is 4.48. The van der Waals surface area contributed by atoms with Gasteiger partial charge in [0, 0.05) is 20.3 Å². The minimum atomic E-state index is -0.129. The van der Waals surface area contributed by atoms with E-state index < -0.39 is 0 Å². The lowest BCUT2D eigenvalue weighted by molar-refractivity contribution is -0.119. The first-order chi connectivity index (χ1) is 12.1. The molecule has 25 heavy (non-hydrogen) atoms. The van der Waals surface area contributed by atoms with E-state index in [9.17, 15) is 9.59 Å². The molecule has 0 radical (unpaired) electrons. The van der Waals surface area contributed by atoms with Gasteiger partial charge in [0.15, 0.2) is 5.16 Å². The van der Waals surface area contributed by atoms with E-state index in [0.717, 1.165) is 0 Å². The predicted molar refractivity (Wildman–Crippen MR) is 98.1 cm³/mol. The van der Waals surface area contributed by atoms with Crippen LogP contribution in [0.25, 0.3) is 10.9 Å². The summed E-state index contributed by atoms with van der Waals surface area (Å²) in [7, 11) is 3.17. The van der Waals surface area contributed by atoms with Crippen LogP contribution in [0, 0.1) is 0 Å². The fraction of sp³-hybridized carbons (Fsp3) is 0.471. The molecule has 0 aliphatic rings. The second kappa shape index (κ2) is 9.55. The average Bonchev–Trinajstić information content (AvgIpc) is 2.59. The highest BCUT2D eigenvalue weighted by Gasteiger charge is 2.14. The van der Waals surface area contributed by atoms with Gasteiger partial charge in [-0.2, -0.15) is 0 Å². The van der Waals surface area contributed by atoms with Gasteiger partial charge in [-0.05, 0) is 19.1 Å². The number of fused-ring (bicyclic) bond motifs is 1. The highest BCUT2D eigenvalue weighted by atomic mass is 32.2. The summed E-state index contributed by atoms with van der Waals surface area (Å²) < 4.78 is 11.6. The highest BCUT2D eigenvalue weighted by molar-refractivity contribution is 7.99. The van der Waals surface area contributed by atoms with Gasteiger partial charge >= 0.3 is 0 Å². The Bertz CT molecular complexity index is 778. The van der Waals surface area contributed by atoms with Gasteiger partial charge in [-0.25, -0.2) is 4.98 Å². The SMILES string of the molecule is COCCn1c(SCC(=O)N[C@H](C)COC)nc2ccccc2c1=O. The van der Waals surface area contributed by atoms with Gasteiger partial charge in [-0.15, -0.1) is 0 Å². The van der Waals surface area contributed by atoms with Crippen molar-refractivity contribution in [2.75, 3.05) is 33.2 Å². The molecule has 8 heteroatoms. The fourth-order valence-corrected chi connectivity index (χ4v) is 3.21. The van der Waals surface area contributed by atoms with E-state index >= 15 is 0 Å². The summed E-state index contributed by atoms with van der Waals surface area (Å²) in [6.45, 7) is 3.10. The maximum atomic E-state index is 12.7. The normalized spacial score (nSPS) is 12.3. The van der Waals surface area contributed by atoms with Gasteiger partial charge in [0.2, 0.25) is 5.91 Å². The summed E-state index contributed by atoms with van der Waals surface area (Å²) >= 11 is 1.24. The molecule has 0 fully saturated rings. The molecule has 0 spiro atoms.